The van der Waals surface area contributed by atoms with Crippen LogP contribution in [-0.4, -0.2) is 97.0 Å². The first-order chi connectivity index (χ1) is 14.3. The molecule has 0 N–H and O–H groups in total. The van der Waals surface area contributed by atoms with Gasteiger partial charge in [0.1, 0.15) is 0 Å². The molecule has 4 aliphatic heterocycles. The number of carbonyl (C=O) groups excluding carboxylic acids is 1. The molecular formula is C22H29N5O2. The van der Waals surface area contributed by atoms with Gasteiger partial charge in [-0.2, -0.15) is 0 Å². The molecule has 1 aromatic carbocycles. The molecule has 1 amide bonds. The summed E-state index contributed by atoms with van der Waals surface area (Å²) in [4.78, 5) is 27.1. The Balaban J connectivity index is 1.31. The van der Waals surface area contributed by atoms with Crippen LogP contribution < -0.4 is 0 Å². The molecule has 1 saturated heterocycles. The van der Waals surface area contributed by atoms with Crippen molar-refractivity contribution in [3.05, 3.63) is 47.2 Å². The molecule has 0 aromatic heterocycles. The number of amides is 1. The molecule has 1 aromatic rings. The molecule has 0 spiro atoms. The molecule has 0 atom stereocenters. The number of carbonyl (C=O) groups is 1. The van der Waals surface area contributed by atoms with E-state index in [1.54, 1.807) is 0 Å². The molecule has 154 valence electrons. The van der Waals surface area contributed by atoms with Crippen molar-refractivity contribution in [2.45, 2.75) is 13.0 Å². The van der Waals surface area contributed by atoms with E-state index >= 15 is 0 Å². The minimum absolute atomic E-state index is 0.155. The van der Waals surface area contributed by atoms with Crippen LogP contribution in [0.15, 0.2) is 46.6 Å². The van der Waals surface area contributed by atoms with Gasteiger partial charge >= 0.3 is 0 Å². The lowest BCUT2D eigenvalue weighted by molar-refractivity contribution is -0.125. The first kappa shape index (κ1) is 18.8. The predicted molar refractivity (Wildman–Crippen MR) is 111 cm³/mol. The van der Waals surface area contributed by atoms with Crippen molar-refractivity contribution in [1.82, 2.24) is 19.6 Å². The fourth-order valence-corrected chi connectivity index (χ4v) is 4.72. The van der Waals surface area contributed by atoms with E-state index in [1.165, 1.54) is 11.3 Å². The second-order valence-electron chi connectivity index (χ2n) is 8.12. The van der Waals surface area contributed by atoms with Crippen molar-refractivity contribution in [3.63, 3.8) is 0 Å². The van der Waals surface area contributed by atoms with Crippen LogP contribution in [0.2, 0.25) is 0 Å². The number of nitrogens with zero attached hydrogens (tertiary/aromatic N) is 5. The van der Waals surface area contributed by atoms with E-state index in [0.29, 0.717) is 6.54 Å². The highest BCUT2D eigenvalue weighted by atomic mass is 16.5. The Labute approximate surface area is 172 Å². The van der Waals surface area contributed by atoms with Crippen LogP contribution in [0.3, 0.4) is 0 Å². The maximum Gasteiger partial charge on any atom is 0.259 e. The Morgan fingerprint density at radius 2 is 1.79 bits per heavy atom. The molecule has 29 heavy (non-hydrogen) atoms. The Morgan fingerprint density at radius 1 is 0.966 bits per heavy atom. The summed E-state index contributed by atoms with van der Waals surface area (Å²) in [6.07, 6.45) is 0.921. The maximum absolute atomic E-state index is 13.5. The van der Waals surface area contributed by atoms with E-state index in [4.69, 9.17) is 4.74 Å². The Kier molecular flexibility index (Phi) is 5.35. The molecule has 0 radical (unpaired) electrons. The summed E-state index contributed by atoms with van der Waals surface area (Å²) in [5.41, 5.74) is 3.47. The van der Waals surface area contributed by atoms with Gasteiger partial charge in [0.2, 0.25) is 5.96 Å². The molecule has 0 unspecified atom stereocenters. The van der Waals surface area contributed by atoms with E-state index in [1.807, 2.05) is 11.0 Å². The van der Waals surface area contributed by atoms with Gasteiger partial charge in [0.15, 0.2) is 0 Å². The summed E-state index contributed by atoms with van der Waals surface area (Å²) in [6.45, 7) is 9.29. The van der Waals surface area contributed by atoms with Crippen LogP contribution in [0, 0.1) is 0 Å². The summed E-state index contributed by atoms with van der Waals surface area (Å²) in [5, 5.41) is 0. The van der Waals surface area contributed by atoms with Gasteiger partial charge in [0.25, 0.3) is 5.91 Å². The van der Waals surface area contributed by atoms with E-state index in [9.17, 15) is 4.79 Å². The highest BCUT2D eigenvalue weighted by Crippen LogP contribution is 2.31. The zero-order valence-electron chi connectivity index (χ0n) is 16.9. The summed E-state index contributed by atoms with van der Waals surface area (Å²) in [7, 11) is 0. The maximum atomic E-state index is 13.5. The van der Waals surface area contributed by atoms with E-state index in [-0.39, 0.29) is 5.91 Å². The number of hydrogen-bond donors (Lipinski definition) is 0. The molecule has 7 nitrogen and oxygen atoms in total. The van der Waals surface area contributed by atoms with E-state index in [0.717, 1.165) is 83.5 Å². The van der Waals surface area contributed by atoms with Gasteiger partial charge in [-0.25, -0.2) is 0 Å². The van der Waals surface area contributed by atoms with Gasteiger partial charge in [-0.3, -0.25) is 24.5 Å². The summed E-state index contributed by atoms with van der Waals surface area (Å²) < 4.78 is 5.45. The summed E-state index contributed by atoms with van der Waals surface area (Å²) in [6, 6.07) is 10.5. The Hall–Kier alpha value is -2.22. The average molecular weight is 396 g/mol. The fourth-order valence-electron chi connectivity index (χ4n) is 4.72. The standard InChI is InChI=1S/C22H29N5O2/c28-21-19-17-25(16-18-4-2-1-3-5-18)8-6-20(19)26-9-7-23-22(26)27(21)11-10-24-12-14-29-15-13-24/h1-5H,6-17H2. The lowest BCUT2D eigenvalue weighted by atomic mass is 10.0. The van der Waals surface area contributed by atoms with Crippen molar-refractivity contribution in [1.29, 1.82) is 0 Å². The largest absolute Gasteiger partial charge is 0.379 e. The first-order valence-electron chi connectivity index (χ1n) is 10.7. The number of ether oxygens (including phenoxy) is 1. The molecule has 4 aliphatic rings. The molecule has 0 bridgehead atoms. The van der Waals surface area contributed by atoms with Crippen molar-refractivity contribution >= 4 is 11.9 Å². The zero-order valence-corrected chi connectivity index (χ0v) is 16.9. The molecule has 0 aliphatic carbocycles. The predicted octanol–water partition coefficient (Wildman–Crippen LogP) is 0.992. The lowest BCUT2D eigenvalue weighted by Gasteiger charge is -2.42. The number of guanidine groups is 1. The number of fused-ring (bicyclic) bond motifs is 2. The van der Waals surface area contributed by atoms with Gasteiger partial charge in [-0.15, -0.1) is 0 Å². The molecule has 7 heteroatoms. The normalized spacial score (nSPS) is 23.3. The molecular weight excluding hydrogens is 366 g/mol. The summed E-state index contributed by atoms with van der Waals surface area (Å²) in [5.74, 6) is 1.03. The van der Waals surface area contributed by atoms with Crippen molar-refractivity contribution < 1.29 is 9.53 Å². The Morgan fingerprint density at radius 3 is 2.62 bits per heavy atom. The van der Waals surface area contributed by atoms with Gasteiger partial charge in [0.05, 0.1) is 25.3 Å². The third-order valence-corrected chi connectivity index (χ3v) is 6.28. The van der Waals surface area contributed by atoms with Gasteiger partial charge in [0, 0.05) is 64.5 Å². The number of rotatable bonds is 5. The SMILES string of the molecule is O=C1C2=C(CCN(Cc3ccccc3)C2)N2CCN=C2N1CCN1CCOCC1. The molecule has 4 heterocycles. The van der Waals surface area contributed by atoms with Gasteiger partial charge in [-0.1, -0.05) is 30.3 Å². The second kappa shape index (κ2) is 8.26. The highest BCUT2D eigenvalue weighted by molar-refractivity contribution is 6.09. The smallest absolute Gasteiger partial charge is 0.259 e. The van der Waals surface area contributed by atoms with Crippen molar-refractivity contribution in [2.75, 3.05) is 65.6 Å². The molecule has 5 rings (SSSR count). The number of benzene rings is 1. The zero-order chi connectivity index (χ0) is 19.6. The van der Waals surface area contributed by atoms with Crippen molar-refractivity contribution in [3.8, 4) is 0 Å². The van der Waals surface area contributed by atoms with E-state index < -0.39 is 0 Å². The third-order valence-electron chi connectivity index (χ3n) is 6.28. The van der Waals surface area contributed by atoms with Crippen LogP contribution in [0.1, 0.15) is 12.0 Å². The van der Waals surface area contributed by atoms with Gasteiger partial charge < -0.3 is 9.64 Å². The monoisotopic (exact) mass is 395 g/mol. The molecule has 1 fully saturated rings. The quantitative estimate of drug-likeness (QED) is 0.744. The first-order valence-corrected chi connectivity index (χ1v) is 10.7. The Bertz CT molecular complexity index is 816. The lowest BCUT2D eigenvalue weighted by Crippen LogP contribution is -2.55. The van der Waals surface area contributed by atoms with Crippen LogP contribution in [0.5, 0.6) is 0 Å². The average Bonchev–Trinajstić information content (AvgIpc) is 3.25. The van der Waals surface area contributed by atoms with Crippen LogP contribution >= 0.6 is 0 Å². The van der Waals surface area contributed by atoms with E-state index in [2.05, 4.69) is 44.0 Å². The van der Waals surface area contributed by atoms with Crippen molar-refractivity contribution in [2.24, 2.45) is 4.99 Å². The number of aliphatic imine (C=N–C) groups is 1. The molecule has 0 saturated carbocycles. The minimum Gasteiger partial charge on any atom is -0.379 e. The van der Waals surface area contributed by atoms with Crippen LogP contribution in [0.25, 0.3) is 0 Å². The highest BCUT2D eigenvalue weighted by Gasteiger charge is 2.40. The van der Waals surface area contributed by atoms with Crippen LogP contribution in [0.4, 0.5) is 0 Å². The topological polar surface area (TPSA) is 51.6 Å². The second-order valence-corrected chi connectivity index (χ2v) is 8.12. The fraction of sp³-hybridized carbons (Fsp3) is 0.545. The number of hydrogen-bond acceptors (Lipinski definition) is 6. The van der Waals surface area contributed by atoms with Gasteiger partial charge in [-0.05, 0) is 5.56 Å². The third kappa shape index (κ3) is 3.82. The minimum atomic E-state index is 0.155. The van der Waals surface area contributed by atoms with Crippen LogP contribution in [-0.2, 0) is 16.1 Å². The summed E-state index contributed by atoms with van der Waals surface area (Å²) >= 11 is 0. The number of morpholine rings is 1.